The molecule has 0 spiro atoms. The number of nitrogens with one attached hydrogen (secondary N) is 1. The summed E-state index contributed by atoms with van der Waals surface area (Å²) in [7, 11) is 2.13. The second-order valence-electron chi connectivity index (χ2n) is 6.99. The van der Waals surface area contributed by atoms with Crippen LogP contribution in [-0.2, 0) is 6.42 Å². The third-order valence-electron chi connectivity index (χ3n) is 4.71. The van der Waals surface area contributed by atoms with E-state index in [1.165, 1.54) is 5.56 Å². The normalized spacial score (nSPS) is 14.9. The molecular weight excluding hydrogens is 352 g/mol. The summed E-state index contributed by atoms with van der Waals surface area (Å²) in [6.45, 7) is 5.70. The van der Waals surface area contributed by atoms with Crippen molar-refractivity contribution < 1.29 is 0 Å². The first-order chi connectivity index (χ1) is 13.7. The fraction of sp³-hybridized carbons (Fsp3) is 0.350. The largest absolute Gasteiger partial charge is 0.338 e. The minimum Gasteiger partial charge on any atom is -0.338 e. The summed E-state index contributed by atoms with van der Waals surface area (Å²) in [5, 5.41) is 11.7. The molecule has 2 aromatic heterocycles. The number of rotatable bonds is 5. The van der Waals surface area contributed by atoms with Crippen LogP contribution in [0.3, 0.4) is 0 Å². The highest BCUT2D eigenvalue weighted by Crippen LogP contribution is 2.16. The molecule has 0 saturated carbocycles. The smallest absolute Gasteiger partial charge is 0.233 e. The van der Waals surface area contributed by atoms with Crippen LogP contribution in [0.1, 0.15) is 17.1 Å². The Bertz CT molecular complexity index is 905. The average Bonchev–Trinajstić information content (AvgIpc) is 2.70. The Hall–Kier alpha value is -3.13. The molecule has 0 unspecified atom stereocenters. The molecule has 1 aliphatic heterocycles. The zero-order valence-electron chi connectivity index (χ0n) is 16.2. The molecule has 3 heterocycles. The fourth-order valence-electron chi connectivity index (χ4n) is 3.11. The highest BCUT2D eigenvalue weighted by atomic mass is 15.3. The molecule has 0 amide bonds. The van der Waals surface area contributed by atoms with Gasteiger partial charge in [0.15, 0.2) is 5.82 Å². The van der Waals surface area contributed by atoms with E-state index < -0.39 is 0 Å². The number of aromatic nitrogens is 5. The molecule has 3 aromatic rings. The molecule has 4 rings (SSSR count). The summed E-state index contributed by atoms with van der Waals surface area (Å²) in [6.07, 6.45) is 0.756. The zero-order valence-corrected chi connectivity index (χ0v) is 16.2. The van der Waals surface area contributed by atoms with Gasteiger partial charge in [-0.15, -0.1) is 5.10 Å². The maximum Gasteiger partial charge on any atom is 0.233 e. The van der Waals surface area contributed by atoms with Crippen molar-refractivity contribution in [3.63, 3.8) is 0 Å². The third kappa shape index (κ3) is 4.58. The van der Waals surface area contributed by atoms with E-state index in [1.807, 2.05) is 37.3 Å². The molecular formula is C20H24N8. The van der Waals surface area contributed by atoms with Crippen molar-refractivity contribution in [1.29, 1.82) is 0 Å². The van der Waals surface area contributed by atoms with Crippen molar-refractivity contribution in [1.82, 2.24) is 30.0 Å². The molecule has 1 saturated heterocycles. The number of nitrogens with zero attached hydrogens (tertiary/aromatic N) is 7. The Morgan fingerprint density at radius 3 is 2.39 bits per heavy atom. The highest BCUT2D eigenvalue weighted by Gasteiger charge is 2.18. The number of anilines is 3. The fourth-order valence-corrected chi connectivity index (χ4v) is 3.11. The summed E-state index contributed by atoms with van der Waals surface area (Å²) in [5.74, 6) is 2.50. The van der Waals surface area contributed by atoms with Crippen molar-refractivity contribution >= 4 is 17.7 Å². The second-order valence-corrected chi connectivity index (χ2v) is 6.99. The molecule has 8 heteroatoms. The van der Waals surface area contributed by atoms with Crippen LogP contribution in [-0.4, -0.2) is 63.3 Å². The van der Waals surface area contributed by atoms with Crippen molar-refractivity contribution in [2.45, 2.75) is 13.3 Å². The van der Waals surface area contributed by atoms with E-state index in [2.05, 4.69) is 59.4 Å². The van der Waals surface area contributed by atoms with E-state index in [1.54, 1.807) is 0 Å². The van der Waals surface area contributed by atoms with Gasteiger partial charge in [0.2, 0.25) is 11.9 Å². The monoisotopic (exact) mass is 376 g/mol. The van der Waals surface area contributed by atoms with Crippen LogP contribution in [0.5, 0.6) is 0 Å². The number of hydrogen-bond donors (Lipinski definition) is 1. The Morgan fingerprint density at radius 1 is 0.893 bits per heavy atom. The predicted molar refractivity (Wildman–Crippen MR) is 109 cm³/mol. The predicted octanol–water partition coefficient (Wildman–Crippen LogP) is 2.06. The second kappa shape index (κ2) is 8.26. The van der Waals surface area contributed by atoms with Gasteiger partial charge in [-0.2, -0.15) is 20.1 Å². The van der Waals surface area contributed by atoms with Crippen LogP contribution in [0.25, 0.3) is 0 Å². The molecule has 144 valence electrons. The van der Waals surface area contributed by atoms with Crippen LogP contribution in [0, 0.1) is 6.92 Å². The molecule has 0 bridgehead atoms. The van der Waals surface area contributed by atoms with E-state index in [0.717, 1.165) is 38.3 Å². The van der Waals surface area contributed by atoms with Crippen molar-refractivity contribution in [3.8, 4) is 0 Å². The van der Waals surface area contributed by atoms with E-state index >= 15 is 0 Å². The molecule has 1 N–H and O–H groups in total. The summed E-state index contributed by atoms with van der Waals surface area (Å²) in [6, 6.07) is 14.1. The molecule has 0 atom stereocenters. The van der Waals surface area contributed by atoms with Crippen molar-refractivity contribution in [3.05, 3.63) is 59.5 Å². The molecule has 1 fully saturated rings. The third-order valence-corrected chi connectivity index (χ3v) is 4.71. The summed E-state index contributed by atoms with van der Waals surface area (Å²) in [5.41, 5.74) is 2.13. The number of aryl methyl sites for hydroxylation is 1. The van der Waals surface area contributed by atoms with E-state index in [-0.39, 0.29) is 0 Å². The van der Waals surface area contributed by atoms with E-state index in [9.17, 15) is 0 Å². The Kier molecular flexibility index (Phi) is 5.38. The number of piperazine rings is 1. The lowest BCUT2D eigenvalue weighted by molar-refractivity contribution is 0.311. The minimum absolute atomic E-state index is 0.492. The number of likely N-dealkylation sites (N-methyl/N-ethyl adjacent to an activating group) is 1. The number of hydrogen-bond acceptors (Lipinski definition) is 8. The zero-order chi connectivity index (χ0) is 19.3. The highest BCUT2D eigenvalue weighted by molar-refractivity contribution is 5.49. The maximum atomic E-state index is 4.57. The van der Waals surface area contributed by atoms with Gasteiger partial charge in [-0.25, -0.2) is 0 Å². The van der Waals surface area contributed by atoms with E-state index in [0.29, 0.717) is 23.5 Å². The van der Waals surface area contributed by atoms with Gasteiger partial charge in [-0.3, -0.25) is 0 Å². The van der Waals surface area contributed by atoms with Crippen LogP contribution in [0.4, 0.5) is 17.7 Å². The van der Waals surface area contributed by atoms with Gasteiger partial charge < -0.3 is 15.1 Å². The van der Waals surface area contributed by atoms with Crippen molar-refractivity contribution in [2.24, 2.45) is 0 Å². The lowest BCUT2D eigenvalue weighted by atomic mass is 10.1. The van der Waals surface area contributed by atoms with Crippen LogP contribution in [0.15, 0.2) is 42.5 Å². The Labute approximate surface area is 164 Å². The van der Waals surface area contributed by atoms with Gasteiger partial charge in [0.1, 0.15) is 5.82 Å². The quantitative estimate of drug-likeness (QED) is 0.724. The maximum absolute atomic E-state index is 4.57. The van der Waals surface area contributed by atoms with Crippen LogP contribution in [0.2, 0.25) is 0 Å². The first kappa shape index (κ1) is 18.2. The van der Waals surface area contributed by atoms with Gasteiger partial charge in [0.05, 0.1) is 5.69 Å². The van der Waals surface area contributed by atoms with Gasteiger partial charge >= 0.3 is 0 Å². The summed E-state index contributed by atoms with van der Waals surface area (Å²) < 4.78 is 0. The molecule has 1 aliphatic rings. The first-order valence-corrected chi connectivity index (χ1v) is 9.45. The standard InChI is InChI=1S/C20H24N8/c1-15-21-19(24-20(22-15)28-12-10-27(2)11-13-28)23-18-9-8-17(25-26-18)14-16-6-4-3-5-7-16/h3-9H,10-14H2,1-2H3,(H,21,22,23,24,26). The van der Waals surface area contributed by atoms with E-state index in [4.69, 9.17) is 0 Å². The molecule has 0 radical (unpaired) electrons. The Morgan fingerprint density at radius 2 is 1.68 bits per heavy atom. The van der Waals surface area contributed by atoms with Gasteiger partial charge in [0, 0.05) is 32.6 Å². The lowest BCUT2D eigenvalue weighted by Gasteiger charge is -2.32. The number of benzene rings is 1. The van der Waals surface area contributed by atoms with Gasteiger partial charge in [-0.05, 0) is 31.7 Å². The molecule has 0 aliphatic carbocycles. The van der Waals surface area contributed by atoms with Crippen molar-refractivity contribution in [2.75, 3.05) is 43.4 Å². The molecule has 1 aromatic carbocycles. The molecule has 28 heavy (non-hydrogen) atoms. The van der Waals surface area contributed by atoms with Gasteiger partial charge in [0.25, 0.3) is 0 Å². The van der Waals surface area contributed by atoms with Crippen LogP contribution >= 0.6 is 0 Å². The average molecular weight is 376 g/mol. The lowest BCUT2D eigenvalue weighted by Crippen LogP contribution is -2.45. The Balaban J connectivity index is 1.45. The SMILES string of the molecule is Cc1nc(Nc2ccc(Cc3ccccc3)nn2)nc(N2CCN(C)CC2)n1. The molecule has 8 nitrogen and oxygen atoms in total. The first-order valence-electron chi connectivity index (χ1n) is 9.45. The topological polar surface area (TPSA) is 83.0 Å². The van der Waals surface area contributed by atoms with Gasteiger partial charge in [-0.1, -0.05) is 30.3 Å². The summed E-state index contributed by atoms with van der Waals surface area (Å²) >= 11 is 0. The van der Waals surface area contributed by atoms with Crippen LogP contribution < -0.4 is 10.2 Å². The minimum atomic E-state index is 0.492. The summed E-state index contributed by atoms with van der Waals surface area (Å²) in [4.78, 5) is 18.0.